The second-order valence-corrected chi connectivity index (χ2v) is 5.08. The Labute approximate surface area is 124 Å². The third-order valence-corrected chi connectivity index (χ3v) is 3.67. The minimum atomic E-state index is -0.0833. The van der Waals surface area contributed by atoms with Gasteiger partial charge in [-0.05, 0) is 36.6 Å². The molecule has 0 fully saturated rings. The average Bonchev–Trinajstić information content (AvgIpc) is 2.49. The van der Waals surface area contributed by atoms with Crippen molar-refractivity contribution in [1.29, 1.82) is 0 Å². The lowest BCUT2D eigenvalue weighted by Crippen LogP contribution is -2.38. The Morgan fingerprint density at radius 1 is 1.25 bits per heavy atom. The average molecular weight is 286 g/mol. The summed E-state index contributed by atoms with van der Waals surface area (Å²) < 4.78 is 0. The molecule has 0 saturated heterocycles. The second kappa shape index (κ2) is 7.10. The number of thiol groups is 1. The molecule has 1 heterocycles. The maximum atomic E-state index is 12.1. The molecule has 2 rings (SSSR count). The standard InChI is InChI=1S/C16H18N2OS/c1-12-4-2-3-5-14(12)10-15(11-20)18-16(19)13-6-8-17-9-7-13/h2-9,15,20H,10-11H2,1H3,(H,18,19). The normalized spacial score (nSPS) is 11.9. The fourth-order valence-electron chi connectivity index (χ4n) is 2.04. The molecule has 0 saturated carbocycles. The van der Waals surface area contributed by atoms with Crippen LogP contribution in [0.2, 0.25) is 0 Å². The molecule has 1 unspecified atom stereocenters. The van der Waals surface area contributed by atoms with Gasteiger partial charge in [-0.25, -0.2) is 0 Å². The van der Waals surface area contributed by atoms with Gasteiger partial charge >= 0.3 is 0 Å². The van der Waals surface area contributed by atoms with E-state index >= 15 is 0 Å². The summed E-state index contributed by atoms with van der Waals surface area (Å²) in [5.41, 5.74) is 3.09. The van der Waals surface area contributed by atoms with Crippen LogP contribution in [-0.2, 0) is 6.42 Å². The van der Waals surface area contributed by atoms with Crippen LogP contribution in [0.5, 0.6) is 0 Å². The largest absolute Gasteiger partial charge is 0.348 e. The molecule has 0 bridgehead atoms. The van der Waals surface area contributed by atoms with E-state index in [2.05, 4.69) is 42.0 Å². The van der Waals surface area contributed by atoms with E-state index in [1.165, 1.54) is 11.1 Å². The molecule has 0 aliphatic rings. The van der Waals surface area contributed by atoms with Crippen LogP contribution in [0.25, 0.3) is 0 Å². The van der Waals surface area contributed by atoms with Gasteiger partial charge in [-0.2, -0.15) is 12.6 Å². The number of carbonyl (C=O) groups excluding carboxylic acids is 1. The van der Waals surface area contributed by atoms with Crippen LogP contribution < -0.4 is 5.32 Å². The minimum absolute atomic E-state index is 0.0140. The van der Waals surface area contributed by atoms with Crippen LogP contribution in [0, 0.1) is 6.92 Å². The lowest BCUT2D eigenvalue weighted by Gasteiger charge is -2.18. The monoisotopic (exact) mass is 286 g/mol. The number of pyridine rings is 1. The maximum Gasteiger partial charge on any atom is 0.251 e. The fourth-order valence-corrected chi connectivity index (χ4v) is 2.26. The summed E-state index contributed by atoms with van der Waals surface area (Å²) in [6, 6.07) is 11.6. The van der Waals surface area contributed by atoms with E-state index in [-0.39, 0.29) is 11.9 Å². The first-order valence-corrected chi connectivity index (χ1v) is 7.20. The number of benzene rings is 1. The smallest absolute Gasteiger partial charge is 0.251 e. The van der Waals surface area contributed by atoms with Gasteiger partial charge in [0.15, 0.2) is 0 Å². The highest BCUT2D eigenvalue weighted by atomic mass is 32.1. The van der Waals surface area contributed by atoms with E-state index in [9.17, 15) is 4.79 Å². The molecular weight excluding hydrogens is 268 g/mol. The summed E-state index contributed by atoms with van der Waals surface area (Å²) in [6.45, 7) is 2.08. The van der Waals surface area contributed by atoms with Crippen LogP contribution >= 0.6 is 12.6 Å². The van der Waals surface area contributed by atoms with Gasteiger partial charge in [0.2, 0.25) is 0 Å². The molecule has 1 aromatic heterocycles. The van der Waals surface area contributed by atoms with Gasteiger partial charge in [0.25, 0.3) is 5.91 Å². The molecule has 0 aliphatic heterocycles. The molecule has 1 aromatic carbocycles. The minimum Gasteiger partial charge on any atom is -0.348 e. The zero-order valence-electron chi connectivity index (χ0n) is 11.4. The van der Waals surface area contributed by atoms with E-state index in [0.717, 1.165) is 6.42 Å². The molecule has 4 heteroatoms. The fraction of sp³-hybridized carbons (Fsp3) is 0.250. The number of carbonyl (C=O) groups is 1. The highest BCUT2D eigenvalue weighted by Crippen LogP contribution is 2.11. The predicted octanol–water partition coefficient (Wildman–Crippen LogP) is 2.66. The highest BCUT2D eigenvalue weighted by molar-refractivity contribution is 7.80. The maximum absolute atomic E-state index is 12.1. The van der Waals surface area contributed by atoms with Crippen molar-refractivity contribution in [1.82, 2.24) is 10.3 Å². The molecule has 2 aromatic rings. The first-order valence-electron chi connectivity index (χ1n) is 6.57. The summed E-state index contributed by atoms with van der Waals surface area (Å²) in [5, 5.41) is 3.02. The number of rotatable bonds is 5. The van der Waals surface area contributed by atoms with Gasteiger partial charge in [0.1, 0.15) is 0 Å². The quantitative estimate of drug-likeness (QED) is 0.830. The molecule has 3 nitrogen and oxygen atoms in total. The molecule has 1 N–H and O–H groups in total. The number of nitrogens with one attached hydrogen (secondary N) is 1. The van der Waals surface area contributed by atoms with Crippen molar-refractivity contribution in [3.8, 4) is 0 Å². The summed E-state index contributed by atoms with van der Waals surface area (Å²) in [4.78, 5) is 16.0. The number of nitrogens with zero attached hydrogens (tertiary/aromatic N) is 1. The summed E-state index contributed by atoms with van der Waals surface area (Å²) in [7, 11) is 0. The van der Waals surface area contributed by atoms with Crippen LogP contribution in [0.4, 0.5) is 0 Å². The molecule has 104 valence electrons. The zero-order valence-corrected chi connectivity index (χ0v) is 12.3. The zero-order chi connectivity index (χ0) is 14.4. The first-order chi connectivity index (χ1) is 9.70. The Morgan fingerprint density at radius 3 is 2.60 bits per heavy atom. The lowest BCUT2D eigenvalue weighted by atomic mass is 10.0. The Kier molecular flexibility index (Phi) is 5.18. The Bertz CT molecular complexity index is 572. The molecule has 0 radical (unpaired) electrons. The van der Waals surface area contributed by atoms with Gasteiger partial charge in [0.05, 0.1) is 0 Å². The van der Waals surface area contributed by atoms with Gasteiger partial charge in [-0.3, -0.25) is 9.78 Å². The Morgan fingerprint density at radius 2 is 1.95 bits per heavy atom. The number of aromatic nitrogens is 1. The second-order valence-electron chi connectivity index (χ2n) is 4.72. The first kappa shape index (κ1) is 14.6. The number of hydrogen-bond donors (Lipinski definition) is 2. The summed E-state index contributed by atoms with van der Waals surface area (Å²) in [6.07, 6.45) is 4.02. The molecular formula is C16H18N2OS. The molecule has 0 spiro atoms. The third-order valence-electron chi connectivity index (χ3n) is 3.23. The van der Waals surface area contributed by atoms with Crippen LogP contribution in [0.15, 0.2) is 48.8 Å². The van der Waals surface area contributed by atoms with Gasteiger partial charge in [-0.1, -0.05) is 24.3 Å². The van der Waals surface area contributed by atoms with Crippen LogP contribution in [-0.4, -0.2) is 22.7 Å². The van der Waals surface area contributed by atoms with E-state index in [1.54, 1.807) is 24.5 Å². The third kappa shape index (κ3) is 3.84. The lowest BCUT2D eigenvalue weighted by molar-refractivity contribution is 0.0940. The van der Waals surface area contributed by atoms with Crippen molar-refractivity contribution in [3.63, 3.8) is 0 Å². The molecule has 1 amide bonds. The Balaban J connectivity index is 2.03. The molecule has 1 atom stereocenters. The van der Waals surface area contributed by atoms with Crippen molar-refractivity contribution in [2.45, 2.75) is 19.4 Å². The highest BCUT2D eigenvalue weighted by Gasteiger charge is 2.13. The van der Waals surface area contributed by atoms with Crippen molar-refractivity contribution in [2.24, 2.45) is 0 Å². The van der Waals surface area contributed by atoms with Crippen molar-refractivity contribution in [2.75, 3.05) is 5.75 Å². The SMILES string of the molecule is Cc1ccccc1CC(CS)NC(=O)c1ccncc1. The topological polar surface area (TPSA) is 42.0 Å². The number of hydrogen-bond acceptors (Lipinski definition) is 3. The van der Waals surface area contributed by atoms with Gasteiger partial charge in [0, 0.05) is 29.8 Å². The molecule has 0 aliphatic carbocycles. The van der Waals surface area contributed by atoms with E-state index < -0.39 is 0 Å². The van der Waals surface area contributed by atoms with Crippen LogP contribution in [0.1, 0.15) is 21.5 Å². The number of amides is 1. The van der Waals surface area contributed by atoms with Gasteiger partial charge in [-0.15, -0.1) is 0 Å². The van der Waals surface area contributed by atoms with E-state index in [0.29, 0.717) is 11.3 Å². The van der Waals surface area contributed by atoms with Crippen LogP contribution in [0.3, 0.4) is 0 Å². The van der Waals surface area contributed by atoms with E-state index in [1.807, 2.05) is 12.1 Å². The number of aryl methyl sites for hydroxylation is 1. The predicted molar refractivity (Wildman–Crippen MR) is 84.2 cm³/mol. The summed E-state index contributed by atoms with van der Waals surface area (Å²) >= 11 is 4.34. The Hall–Kier alpha value is -1.81. The van der Waals surface area contributed by atoms with Gasteiger partial charge < -0.3 is 5.32 Å². The van der Waals surface area contributed by atoms with Crippen molar-refractivity contribution in [3.05, 3.63) is 65.5 Å². The van der Waals surface area contributed by atoms with Crippen molar-refractivity contribution >= 4 is 18.5 Å². The molecule has 20 heavy (non-hydrogen) atoms. The van der Waals surface area contributed by atoms with Crippen molar-refractivity contribution < 1.29 is 4.79 Å². The summed E-state index contributed by atoms with van der Waals surface area (Å²) in [5.74, 6) is 0.519. The van der Waals surface area contributed by atoms with E-state index in [4.69, 9.17) is 0 Å².